The Labute approximate surface area is 281 Å². The molecule has 1 heterocycles. The molecule has 254 valence electrons. The summed E-state index contributed by atoms with van der Waals surface area (Å²) in [6, 6.07) is 1.88. The van der Waals surface area contributed by atoms with E-state index in [1.165, 1.54) is 62.4 Å². The highest BCUT2D eigenvalue weighted by Crippen LogP contribution is 2.60. The second-order valence-electron chi connectivity index (χ2n) is 15.5. The molecule has 6 fully saturated rings. The third kappa shape index (κ3) is 4.16. The number of primary amides is 1. The lowest BCUT2D eigenvalue weighted by molar-refractivity contribution is -0.196. The van der Waals surface area contributed by atoms with Crippen LogP contribution in [0.1, 0.15) is 72.5 Å². The van der Waals surface area contributed by atoms with Gasteiger partial charge < -0.3 is 26.4 Å². The molecule has 1 aromatic carbocycles. The number of thiazole rings is 1. The van der Waals surface area contributed by atoms with Crippen LogP contribution in [0, 0.1) is 47.3 Å². The molecule has 0 spiro atoms. The molecule has 2 aromatic rings. The first-order chi connectivity index (χ1) is 22.7. The van der Waals surface area contributed by atoms with Gasteiger partial charge in [0.05, 0.1) is 40.9 Å². The smallest absolute Gasteiger partial charge is 0.235 e. The molecule has 0 aliphatic heterocycles. The van der Waals surface area contributed by atoms with Crippen LogP contribution in [0.15, 0.2) is 17.5 Å². The van der Waals surface area contributed by atoms with E-state index in [1.54, 1.807) is 19.1 Å². The Balaban J connectivity index is 1.13. The topological polar surface area (TPSA) is 200 Å². The summed E-state index contributed by atoms with van der Waals surface area (Å²) in [5, 5.41) is 41.0. The molecule has 13 heteroatoms. The maximum Gasteiger partial charge on any atom is 0.235 e. The van der Waals surface area contributed by atoms with Crippen molar-refractivity contribution < 1.29 is 39.3 Å². The lowest BCUT2D eigenvalue weighted by Crippen LogP contribution is -2.77. The van der Waals surface area contributed by atoms with Gasteiger partial charge in [0.25, 0.3) is 0 Å². The van der Waals surface area contributed by atoms with Gasteiger partial charge in [-0.05, 0) is 87.4 Å². The summed E-state index contributed by atoms with van der Waals surface area (Å²) in [4.78, 5) is 73.9. The Hall–Kier alpha value is -3.52. The SMILES string of the molecule is C[C@H]1c2ccc(Nc3nc(C4C5CC6CC(C5)CC4C6)cs3)c(O)c2C(=O)C2C(=O)[C@]3(O)C(=O)C(C(N)=O)C(=O)[C@@H](N(C)C)[C@@H]3[C@@H](O)[C@@H]21. The van der Waals surface area contributed by atoms with Crippen molar-refractivity contribution in [3.63, 3.8) is 0 Å². The number of ketones is 4. The number of nitrogens with one attached hydrogen (secondary N) is 1. The Bertz CT molecular complexity index is 1760. The quantitative estimate of drug-likeness (QED) is 0.230. The number of carbonyl (C=O) groups excluding carboxylic acids is 5. The average molecular weight is 677 g/mol. The molecule has 0 saturated heterocycles. The number of likely N-dealkylation sites (N-methyl/N-ethyl adjacent to an activating group) is 1. The van der Waals surface area contributed by atoms with Gasteiger partial charge in [-0.25, -0.2) is 4.98 Å². The lowest BCUT2D eigenvalue weighted by atomic mass is 9.49. The molecule has 9 rings (SSSR count). The van der Waals surface area contributed by atoms with Gasteiger partial charge in [-0.1, -0.05) is 13.0 Å². The number of nitrogens with zero attached hydrogens (tertiary/aromatic N) is 2. The number of Topliss-reactive ketones (excluding diaryl/α,β-unsaturated/α-hetero) is 4. The first-order valence-electron chi connectivity index (χ1n) is 16.8. The number of aromatic hydroxyl groups is 1. The van der Waals surface area contributed by atoms with E-state index >= 15 is 0 Å². The minimum atomic E-state index is -3.03. The van der Waals surface area contributed by atoms with E-state index in [1.807, 2.05) is 0 Å². The number of benzene rings is 1. The van der Waals surface area contributed by atoms with Gasteiger partial charge in [0, 0.05) is 17.2 Å². The van der Waals surface area contributed by atoms with E-state index < -0.39 is 82.1 Å². The van der Waals surface area contributed by atoms with Crippen molar-refractivity contribution in [2.75, 3.05) is 19.4 Å². The summed E-state index contributed by atoms with van der Waals surface area (Å²) in [5.74, 6) is -10.0. The van der Waals surface area contributed by atoms with Crippen molar-refractivity contribution in [3.05, 3.63) is 34.3 Å². The molecule has 8 atom stereocenters. The standard InChI is InChI=1S/C35H40N4O8S/c1-12-17-4-5-18(37-34-38-19(11-48-34)21-15-7-13-6-14(9-15)10-16(21)8-13)27(40)22(17)28(41)23-20(12)29(42)25-26(39(2)3)30(43)24(33(36)46)32(45)35(25,47)31(23)44/h4-5,11-16,20-21,23-26,29,40,42,47H,6-10H2,1-3H3,(H2,36,46)(H,37,38)/t12-,13?,14?,15?,16?,20+,21?,23?,24?,25+,26-,29-,35-/m0/s1. The normalized spacial score (nSPS) is 41.3. The molecule has 1 amide bonds. The van der Waals surface area contributed by atoms with E-state index in [0.29, 0.717) is 28.4 Å². The number of aliphatic hydroxyl groups excluding tert-OH is 1. The summed E-state index contributed by atoms with van der Waals surface area (Å²) >= 11 is 1.43. The molecule has 6 N–H and O–H groups in total. The van der Waals surface area contributed by atoms with E-state index in [9.17, 15) is 39.3 Å². The van der Waals surface area contributed by atoms with Crippen molar-refractivity contribution in [2.45, 2.75) is 68.6 Å². The largest absolute Gasteiger partial charge is 0.505 e. The summed E-state index contributed by atoms with van der Waals surface area (Å²) < 4.78 is 0. The fraction of sp³-hybridized carbons (Fsp3) is 0.600. The zero-order chi connectivity index (χ0) is 34.1. The number of anilines is 2. The Morgan fingerprint density at radius 3 is 2.29 bits per heavy atom. The number of fused-ring (bicyclic) bond motifs is 3. The van der Waals surface area contributed by atoms with Gasteiger partial charge in [0.15, 0.2) is 39.8 Å². The van der Waals surface area contributed by atoms with Crippen molar-refractivity contribution in [1.29, 1.82) is 0 Å². The highest BCUT2D eigenvalue weighted by molar-refractivity contribution is 7.13. The van der Waals surface area contributed by atoms with E-state index in [0.717, 1.165) is 17.5 Å². The van der Waals surface area contributed by atoms with Crippen LogP contribution < -0.4 is 11.1 Å². The van der Waals surface area contributed by atoms with Gasteiger partial charge >= 0.3 is 0 Å². The number of rotatable bonds is 5. The molecule has 4 bridgehead atoms. The van der Waals surface area contributed by atoms with Crippen LogP contribution >= 0.6 is 11.3 Å². The second-order valence-corrected chi connectivity index (χ2v) is 16.3. The monoisotopic (exact) mass is 676 g/mol. The fourth-order valence-electron chi connectivity index (χ4n) is 11.1. The van der Waals surface area contributed by atoms with Crippen LogP contribution in [0.2, 0.25) is 0 Å². The van der Waals surface area contributed by atoms with E-state index in [4.69, 9.17) is 10.7 Å². The van der Waals surface area contributed by atoms with Crippen LogP contribution in [0.25, 0.3) is 0 Å². The van der Waals surface area contributed by atoms with Crippen LogP contribution in [0.5, 0.6) is 5.75 Å². The Morgan fingerprint density at radius 1 is 1.04 bits per heavy atom. The number of aliphatic hydroxyl groups is 2. The number of hydrogen-bond donors (Lipinski definition) is 5. The van der Waals surface area contributed by atoms with Gasteiger partial charge in [-0.15, -0.1) is 11.3 Å². The number of amides is 1. The van der Waals surface area contributed by atoms with Gasteiger partial charge in [-0.3, -0.25) is 28.9 Å². The zero-order valence-corrected chi connectivity index (χ0v) is 27.8. The van der Waals surface area contributed by atoms with Crippen molar-refractivity contribution >= 4 is 51.2 Å². The third-order valence-corrected chi connectivity index (χ3v) is 13.6. The number of carbonyl (C=O) groups is 5. The van der Waals surface area contributed by atoms with Crippen LogP contribution in [0.4, 0.5) is 10.8 Å². The molecule has 7 aliphatic rings. The number of phenolic OH excluding ortho intramolecular Hbond substituents is 1. The van der Waals surface area contributed by atoms with Gasteiger partial charge in [0.2, 0.25) is 5.91 Å². The molecule has 7 aliphatic carbocycles. The van der Waals surface area contributed by atoms with E-state index in [2.05, 4.69) is 10.7 Å². The Morgan fingerprint density at radius 2 is 1.69 bits per heavy atom. The molecule has 48 heavy (non-hydrogen) atoms. The van der Waals surface area contributed by atoms with Gasteiger partial charge in [0.1, 0.15) is 5.75 Å². The molecular weight excluding hydrogens is 636 g/mol. The van der Waals surface area contributed by atoms with Crippen molar-refractivity contribution in [3.8, 4) is 5.75 Å². The predicted molar refractivity (Wildman–Crippen MR) is 173 cm³/mol. The maximum atomic E-state index is 14.2. The average Bonchev–Trinajstić information content (AvgIpc) is 3.47. The Kier molecular flexibility index (Phi) is 7.10. The minimum Gasteiger partial charge on any atom is -0.505 e. The number of phenols is 1. The zero-order valence-electron chi connectivity index (χ0n) is 27.0. The van der Waals surface area contributed by atoms with Crippen LogP contribution in [0.3, 0.4) is 0 Å². The molecular formula is C35H40N4O8S. The van der Waals surface area contributed by atoms with Crippen molar-refractivity contribution in [2.24, 2.45) is 53.1 Å². The molecule has 12 nitrogen and oxygen atoms in total. The summed E-state index contributed by atoms with van der Waals surface area (Å²) in [6.07, 6.45) is 4.74. The second kappa shape index (κ2) is 10.7. The highest BCUT2D eigenvalue weighted by Gasteiger charge is 2.73. The summed E-state index contributed by atoms with van der Waals surface area (Å²) in [5.41, 5.74) is 3.87. The molecule has 6 saturated carbocycles. The predicted octanol–water partition coefficient (Wildman–Crippen LogP) is 2.14. The summed E-state index contributed by atoms with van der Waals surface area (Å²) in [6.45, 7) is 1.69. The third-order valence-electron chi connectivity index (χ3n) is 12.8. The minimum absolute atomic E-state index is 0.149. The van der Waals surface area contributed by atoms with E-state index in [-0.39, 0.29) is 11.3 Å². The first kappa shape index (κ1) is 31.7. The first-order valence-corrected chi connectivity index (χ1v) is 17.7. The fourth-order valence-corrected chi connectivity index (χ4v) is 11.9. The number of aromatic nitrogens is 1. The summed E-state index contributed by atoms with van der Waals surface area (Å²) in [7, 11) is 2.93. The molecule has 1 aromatic heterocycles. The van der Waals surface area contributed by atoms with Gasteiger partial charge in [-0.2, -0.15) is 0 Å². The number of hydrogen-bond acceptors (Lipinski definition) is 12. The van der Waals surface area contributed by atoms with Crippen LogP contribution in [-0.4, -0.2) is 86.1 Å². The number of nitrogens with two attached hydrogens (primary N) is 1. The molecule has 0 radical (unpaired) electrons. The lowest BCUT2D eigenvalue weighted by Gasteiger charge is -2.56. The highest BCUT2D eigenvalue weighted by atomic mass is 32.1. The maximum absolute atomic E-state index is 14.2. The van der Waals surface area contributed by atoms with Crippen LogP contribution in [-0.2, 0) is 19.2 Å². The molecule has 2 unspecified atom stereocenters. The van der Waals surface area contributed by atoms with Crippen molar-refractivity contribution in [1.82, 2.24) is 9.88 Å².